The number of nitrogens with zero attached hydrogens (tertiary/aromatic N) is 2. The van der Waals surface area contributed by atoms with Crippen molar-refractivity contribution in [1.29, 1.82) is 0 Å². The van der Waals surface area contributed by atoms with Crippen molar-refractivity contribution in [2.45, 2.75) is 5.92 Å². The molecule has 0 spiro atoms. The predicted molar refractivity (Wildman–Crippen MR) is 55.7 cm³/mol. The summed E-state index contributed by atoms with van der Waals surface area (Å²) in [5.41, 5.74) is 0.678. The van der Waals surface area contributed by atoms with Gasteiger partial charge in [0, 0.05) is 12.4 Å². The Labute approximate surface area is 90.5 Å². The van der Waals surface area contributed by atoms with E-state index < -0.39 is 19.1 Å². The lowest BCUT2D eigenvalue weighted by atomic mass is 10.3. The Morgan fingerprint density at radius 1 is 1.44 bits per heavy atom. The number of aliphatic hydroxyl groups is 1. The number of aliphatic hydroxyl groups excluding tert-OH is 1. The Morgan fingerprint density at radius 2 is 2.25 bits per heavy atom. The van der Waals surface area contributed by atoms with E-state index in [0.29, 0.717) is 11.5 Å². The highest BCUT2D eigenvalue weighted by Gasteiger charge is 2.27. The molecule has 0 saturated heterocycles. The van der Waals surface area contributed by atoms with E-state index in [2.05, 4.69) is 10.3 Å². The third kappa shape index (κ3) is 2.11. The summed E-state index contributed by atoms with van der Waals surface area (Å²) in [5, 5.41) is 11.0. The quantitative estimate of drug-likeness (QED) is 0.829. The number of pyridine rings is 1. The molecule has 0 saturated carbocycles. The van der Waals surface area contributed by atoms with Gasteiger partial charge in [-0.2, -0.15) is 0 Å². The number of hydrogen-bond donors (Lipinski definition) is 2. The maximum absolute atomic E-state index is 12.8. The molecule has 0 aliphatic carbocycles. The second-order valence-corrected chi connectivity index (χ2v) is 3.43. The first kappa shape index (κ1) is 10.8. The zero-order chi connectivity index (χ0) is 11.6. The van der Waals surface area contributed by atoms with Crippen molar-refractivity contribution in [3.05, 3.63) is 30.6 Å². The molecule has 2 rings (SSSR count). The van der Waals surface area contributed by atoms with Crippen LogP contribution in [0.3, 0.4) is 0 Å². The van der Waals surface area contributed by atoms with Crippen molar-refractivity contribution in [2.75, 3.05) is 18.5 Å². The third-order valence-corrected chi connectivity index (χ3v) is 2.19. The highest BCUT2D eigenvalue weighted by atomic mass is 19.3. The topological polar surface area (TPSA) is 49.6 Å². The molecule has 6 heteroatoms. The lowest BCUT2D eigenvalue weighted by Crippen LogP contribution is -2.31. The van der Waals surface area contributed by atoms with Gasteiger partial charge in [0.25, 0.3) is 5.92 Å². The van der Waals surface area contributed by atoms with Gasteiger partial charge in [0.2, 0.25) is 0 Å². The fourth-order valence-corrected chi connectivity index (χ4v) is 1.37. The number of aromatic nitrogens is 2. The number of alkyl halides is 2. The normalized spacial score (nSPS) is 11.9. The van der Waals surface area contributed by atoms with Gasteiger partial charge in [0.1, 0.15) is 18.1 Å². The molecule has 2 aromatic heterocycles. The molecule has 0 bridgehead atoms. The van der Waals surface area contributed by atoms with Crippen LogP contribution < -0.4 is 5.32 Å². The van der Waals surface area contributed by atoms with Gasteiger partial charge in [-0.05, 0) is 12.1 Å². The Balaban J connectivity index is 2.18. The van der Waals surface area contributed by atoms with E-state index in [1.54, 1.807) is 35.0 Å². The van der Waals surface area contributed by atoms with Crippen molar-refractivity contribution < 1.29 is 13.9 Å². The minimum absolute atomic E-state index is 0.517. The summed E-state index contributed by atoms with van der Waals surface area (Å²) in [6.07, 6.45) is 3.26. The van der Waals surface area contributed by atoms with Gasteiger partial charge < -0.3 is 10.4 Å². The molecule has 16 heavy (non-hydrogen) atoms. The summed E-state index contributed by atoms with van der Waals surface area (Å²) in [4.78, 5) is 4.03. The van der Waals surface area contributed by atoms with Crippen LogP contribution in [0.1, 0.15) is 0 Å². The highest BCUT2D eigenvalue weighted by molar-refractivity contribution is 5.49. The average Bonchev–Trinajstić information content (AvgIpc) is 2.75. The van der Waals surface area contributed by atoms with Crippen LogP contribution in [0, 0.1) is 0 Å². The Bertz CT molecular complexity index is 484. The minimum Gasteiger partial charge on any atom is -0.390 e. The molecule has 0 aliphatic rings. The van der Waals surface area contributed by atoms with E-state index in [4.69, 9.17) is 5.11 Å². The van der Waals surface area contributed by atoms with Crippen molar-refractivity contribution in [3.63, 3.8) is 0 Å². The van der Waals surface area contributed by atoms with Crippen molar-refractivity contribution in [2.24, 2.45) is 0 Å². The van der Waals surface area contributed by atoms with Crippen LogP contribution in [0.2, 0.25) is 0 Å². The van der Waals surface area contributed by atoms with Gasteiger partial charge in [-0.3, -0.25) is 4.40 Å². The summed E-state index contributed by atoms with van der Waals surface area (Å²) in [7, 11) is 0. The molecule has 0 radical (unpaired) electrons. The number of hydrogen-bond acceptors (Lipinski definition) is 3. The third-order valence-electron chi connectivity index (χ3n) is 2.19. The summed E-state index contributed by atoms with van der Waals surface area (Å²) < 4.78 is 27.3. The fraction of sp³-hybridized carbons (Fsp3) is 0.300. The molecule has 2 heterocycles. The van der Waals surface area contributed by atoms with Crippen molar-refractivity contribution in [3.8, 4) is 0 Å². The van der Waals surface area contributed by atoms with Crippen LogP contribution in [-0.4, -0.2) is 33.6 Å². The molecule has 0 fully saturated rings. The number of rotatable bonds is 4. The molecule has 0 aromatic carbocycles. The lowest BCUT2D eigenvalue weighted by Gasteiger charge is -2.15. The van der Waals surface area contributed by atoms with E-state index in [-0.39, 0.29) is 0 Å². The lowest BCUT2D eigenvalue weighted by molar-refractivity contribution is -0.0373. The zero-order valence-electron chi connectivity index (χ0n) is 8.40. The highest BCUT2D eigenvalue weighted by Crippen LogP contribution is 2.15. The molecular weight excluding hydrogens is 216 g/mol. The zero-order valence-corrected chi connectivity index (χ0v) is 8.40. The van der Waals surface area contributed by atoms with E-state index in [9.17, 15) is 8.78 Å². The van der Waals surface area contributed by atoms with Crippen molar-refractivity contribution in [1.82, 2.24) is 9.38 Å². The second kappa shape index (κ2) is 4.05. The van der Waals surface area contributed by atoms with Gasteiger partial charge in [-0.15, -0.1) is 0 Å². The van der Waals surface area contributed by atoms with Crippen LogP contribution in [-0.2, 0) is 0 Å². The number of fused-ring (bicyclic) bond motifs is 1. The van der Waals surface area contributed by atoms with Gasteiger partial charge in [0.15, 0.2) is 0 Å². The Kier molecular flexibility index (Phi) is 2.74. The molecule has 2 N–H and O–H groups in total. The minimum atomic E-state index is -3.12. The first-order valence-electron chi connectivity index (χ1n) is 4.77. The average molecular weight is 227 g/mol. The van der Waals surface area contributed by atoms with E-state index in [1.165, 1.54) is 0 Å². The number of nitrogens with one attached hydrogen (secondary N) is 1. The predicted octanol–water partition coefficient (Wildman–Crippen LogP) is 1.37. The molecular formula is C10H11F2N3O. The molecule has 86 valence electrons. The van der Waals surface area contributed by atoms with E-state index in [0.717, 1.165) is 0 Å². The molecule has 0 unspecified atom stereocenters. The van der Waals surface area contributed by atoms with Gasteiger partial charge >= 0.3 is 0 Å². The van der Waals surface area contributed by atoms with Crippen LogP contribution in [0.5, 0.6) is 0 Å². The standard InChI is InChI=1S/C10H11F2N3O/c11-10(12,7-16)6-14-9-3-1-2-8-13-4-5-15(8)9/h1-5,14,16H,6-7H2. The van der Waals surface area contributed by atoms with E-state index in [1.807, 2.05) is 0 Å². The largest absolute Gasteiger partial charge is 0.390 e. The smallest absolute Gasteiger partial charge is 0.287 e. The van der Waals surface area contributed by atoms with Crippen LogP contribution in [0.15, 0.2) is 30.6 Å². The van der Waals surface area contributed by atoms with Crippen LogP contribution in [0.4, 0.5) is 14.6 Å². The monoisotopic (exact) mass is 227 g/mol. The van der Waals surface area contributed by atoms with Gasteiger partial charge in [-0.25, -0.2) is 13.8 Å². The van der Waals surface area contributed by atoms with Crippen LogP contribution >= 0.6 is 0 Å². The first-order chi connectivity index (χ1) is 7.62. The molecule has 2 aromatic rings. The van der Waals surface area contributed by atoms with Gasteiger partial charge in [-0.1, -0.05) is 6.07 Å². The number of halogens is 2. The first-order valence-corrected chi connectivity index (χ1v) is 4.77. The van der Waals surface area contributed by atoms with Crippen LogP contribution in [0.25, 0.3) is 5.65 Å². The van der Waals surface area contributed by atoms with E-state index >= 15 is 0 Å². The molecule has 0 atom stereocenters. The van der Waals surface area contributed by atoms with Crippen molar-refractivity contribution >= 4 is 11.5 Å². The fourth-order valence-electron chi connectivity index (χ4n) is 1.37. The second-order valence-electron chi connectivity index (χ2n) is 3.43. The Morgan fingerprint density at radius 3 is 3.00 bits per heavy atom. The SMILES string of the molecule is OCC(F)(F)CNc1cccc2nccn12. The summed E-state index contributed by atoms with van der Waals surface area (Å²) in [6, 6.07) is 5.17. The molecule has 0 amide bonds. The Hall–Kier alpha value is -1.69. The molecule has 4 nitrogen and oxygen atoms in total. The number of anilines is 1. The maximum Gasteiger partial charge on any atom is 0.287 e. The summed E-state index contributed by atoms with van der Waals surface area (Å²) in [5.74, 6) is -2.61. The molecule has 0 aliphatic heterocycles. The number of imidazole rings is 1. The van der Waals surface area contributed by atoms with Gasteiger partial charge in [0.05, 0.1) is 6.54 Å². The summed E-state index contributed by atoms with van der Waals surface area (Å²) >= 11 is 0. The summed E-state index contributed by atoms with van der Waals surface area (Å²) in [6.45, 7) is -1.78. The maximum atomic E-state index is 12.8.